The van der Waals surface area contributed by atoms with Gasteiger partial charge in [-0.1, -0.05) is 0 Å². The SMILES string of the molecule is COc1ccsc1C(=O)N=C=S. The monoisotopic (exact) mass is 199 g/mol. The topological polar surface area (TPSA) is 38.7 Å². The van der Waals surface area contributed by atoms with Crippen molar-refractivity contribution in [2.45, 2.75) is 0 Å². The summed E-state index contributed by atoms with van der Waals surface area (Å²) in [6.45, 7) is 0. The van der Waals surface area contributed by atoms with E-state index in [0.717, 1.165) is 0 Å². The van der Waals surface area contributed by atoms with Crippen LogP contribution in [0.4, 0.5) is 0 Å². The third-order valence-electron chi connectivity index (χ3n) is 1.19. The number of carbonyl (C=O) groups is 1. The standard InChI is InChI=1S/C7H5NO2S2/c1-10-5-2-3-12-6(5)7(9)8-4-11/h2-3H,1H3. The first-order valence-corrected chi connectivity index (χ1v) is 4.32. The lowest BCUT2D eigenvalue weighted by molar-refractivity contribution is 0.100. The van der Waals surface area contributed by atoms with E-state index >= 15 is 0 Å². The van der Waals surface area contributed by atoms with Crippen LogP contribution in [0.2, 0.25) is 0 Å². The van der Waals surface area contributed by atoms with Gasteiger partial charge in [0, 0.05) is 0 Å². The molecule has 0 aliphatic rings. The normalized spacial score (nSPS) is 8.75. The zero-order valence-electron chi connectivity index (χ0n) is 6.23. The summed E-state index contributed by atoms with van der Waals surface area (Å²) < 4.78 is 4.92. The number of aliphatic imine (C=N–C) groups is 1. The van der Waals surface area contributed by atoms with Gasteiger partial charge in [0.15, 0.2) is 0 Å². The van der Waals surface area contributed by atoms with Crippen LogP contribution in [0.5, 0.6) is 5.75 Å². The molecule has 0 aliphatic heterocycles. The van der Waals surface area contributed by atoms with Crippen LogP contribution in [0.25, 0.3) is 0 Å². The molecular weight excluding hydrogens is 194 g/mol. The summed E-state index contributed by atoms with van der Waals surface area (Å²) in [5, 5.41) is 3.77. The van der Waals surface area contributed by atoms with Crippen molar-refractivity contribution in [3.8, 4) is 5.75 Å². The number of ether oxygens (including phenoxy) is 1. The highest BCUT2D eigenvalue weighted by Gasteiger charge is 2.11. The molecule has 0 saturated carbocycles. The Morgan fingerprint density at radius 3 is 3.17 bits per heavy atom. The molecule has 0 atom stereocenters. The minimum atomic E-state index is -0.406. The van der Waals surface area contributed by atoms with Crippen molar-refractivity contribution in [2.75, 3.05) is 7.11 Å². The number of methoxy groups -OCH3 is 1. The summed E-state index contributed by atoms with van der Waals surface area (Å²) in [6.07, 6.45) is 0. The van der Waals surface area contributed by atoms with E-state index in [1.165, 1.54) is 18.4 Å². The maximum absolute atomic E-state index is 11.1. The van der Waals surface area contributed by atoms with E-state index in [2.05, 4.69) is 17.2 Å². The summed E-state index contributed by atoms with van der Waals surface area (Å²) in [4.78, 5) is 14.9. The summed E-state index contributed by atoms with van der Waals surface area (Å²) >= 11 is 5.58. The molecule has 1 aromatic heterocycles. The molecule has 62 valence electrons. The fourth-order valence-electron chi connectivity index (χ4n) is 0.706. The Morgan fingerprint density at radius 1 is 1.83 bits per heavy atom. The quantitative estimate of drug-likeness (QED) is 0.540. The third-order valence-corrected chi connectivity index (χ3v) is 2.17. The Balaban J connectivity index is 3.01. The maximum Gasteiger partial charge on any atom is 0.299 e. The zero-order chi connectivity index (χ0) is 8.97. The predicted molar refractivity (Wildman–Crippen MR) is 50.2 cm³/mol. The first-order valence-electron chi connectivity index (χ1n) is 3.03. The summed E-state index contributed by atoms with van der Waals surface area (Å²) in [6, 6.07) is 1.71. The van der Waals surface area contributed by atoms with E-state index < -0.39 is 5.91 Å². The first-order chi connectivity index (χ1) is 5.79. The molecule has 12 heavy (non-hydrogen) atoms. The molecule has 0 saturated heterocycles. The summed E-state index contributed by atoms with van der Waals surface area (Å²) in [7, 11) is 1.50. The molecule has 0 aliphatic carbocycles. The Kier molecular flexibility index (Phi) is 3.10. The molecule has 0 aromatic carbocycles. The van der Waals surface area contributed by atoms with Gasteiger partial charge in [-0.15, -0.1) is 11.3 Å². The van der Waals surface area contributed by atoms with E-state index in [4.69, 9.17) is 4.74 Å². The number of nitrogens with zero attached hydrogens (tertiary/aromatic N) is 1. The average Bonchev–Trinajstić information content (AvgIpc) is 2.51. The largest absolute Gasteiger partial charge is 0.495 e. The zero-order valence-corrected chi connectivity index (χ0v) is 7.87. The lowest BCUT2D eigenvalue weighted by Crippen LogP contribution is -1.93. The Bertz CT molecular complexity index is 339. The minimum Gasteiger partial charge on any atom is -0.495 e. The van der Waals surface area contributed by atoms with Crippen LogP contribution < -0.4 is 4.74 Å². The smallest absolute Gasteiger partial charge is 0.299 e. The summed E-state index contributed by atoms with van der Waals surface area (Å²) in [5.74, 6) is 0.121. The van der Waals surface area contributed by atoms with Gasteiger partial charge in [-0.25, -0.2) is 0 Å². The van der Waals surface area contributed by atoms with Gasteiger partial charge >= 0.3 is 0 Å². The molecule has 0 spiro atoms. The van der Waals surface area contributed by atoms with Gasteiger partial charge in [-0.2, -0.15) is 4.99 Å². The molecule has 0 bridgehead atoms. The molecule has 1 amide bonds. The molecule has 0 unspecified atom stereocenters. The number of carbonyl (C=O) groups excluding carboxylic acids is 1. The van der Waals surface area contributed by atoms with Crippen molar-refractivity contribution in [1.82, 2.24) is 0 Å². The van der Waals surface area contributed by atoms with Gasteiger partial charge in [0.25, 0.3) is 5.91 Å². The van der Waals surface area contributed by atoms with Gasteiger partial charge < -0.3 is 4.74 Å². The van der Waals surface area contributed by atoms with Gasteiger partial charge in [-0.05, 0) is 23.7 Å². The van der Waals surface area contributed by atoms with Crippen LogP contribution >= 0.6 is 23.6 Å². The Hall–Kier alpha value is -1.03. The number of hydrogen-bond acceptors (Lipinski definition) is 4. The van der Waals surface area contributed by atoms with Crippen LogP contribution in [0.15, 0.2) is 16.4 Å². The molecule has 5 heteroatoms. The van der Waals surface area contributed by atoms with Gasteiger partial charge in [0.05, 0.1) is 12.3 Å². The maximum atomic E-state index is 11.1. The van der Waals surface area contributed by atoms with Crippen molar-refractivity contribution in [2.24, 2.45) is 4.99 Å². The predicted octanol–water partition coefficient (Wildman–Crippen LogP) is 2.00. The van der Waals surface area contributed by atoms with Crippen LogP contribution in [-0.2, 0) is 0 Å². The number of thiocarbonyl (C=S) groups is 1. The Morgan fingerprint density at radius 2 is 2.58 bits per heavy atom. The van der Waals surface area contributed by atoms with Crippen LogP contribution in [0, 0.1) is 0 Å². The third kappa shape index (κ3) is 1.76. The second kappa shape index (κ2) is 4.11. The second-order valence-electron chi connectivity index (χ2n) is 1.83. The molecule has 0 fully saturated rings. The minimum absolute atomic E-state index is 0.406. The van der Waals surface area contributed by atoms with Crippen molar-refractivity contribution >= 4 is 34.6 Å². The molecule has 3 nitrogen and oxygen atoms in total. The van der Waals surface area contributed by atoms with Crippen molar-refractivity contribution in [3.63, 3.8) is 0 Å². The highest BCUT2D eigenvalue weighted by Crippen LogP contribution is 2.24. The van der Waals surface area contributed by atoms with Crippen molar-refractivity contribution in [1.29, 1.82) is 0 Å². The van der Waals surface area contributed by atoms with Gasteiger partial charge in [-0.3, -0.25) is 4.79 Å². The average molecular weight is 199 g/mol. The van der Waals surface area contributed by atoms with Crippen molar-refractivity contribution in [3.05, 3.63) is 16.3 Å². The molecule has 1 aromatic rings. The molecule has 1 heterocycles. The van der Waals surface area contributed by atoms with E-state index in [-0.39, 0.29) is 0 Å². The number of isothiocyanates is 1. The molecule has 1 rings (SSSR count). The second-order valence-corrected chi connectivity index (χ2v) is 2.93. The number of rotatable bonds is 2. The fraction of sp³-hybridized carbons (Fsp3) is 0.143. The first kappa shape index (κ1) is 9.06. The van der Waals surface area contributed by atoms with Gasteiger partial charge in [0.2, 0.25) is 0 Å². The van der Waals surface area contributed by atoms with Crippen LogP contribution in [0.3, 0.4) is 0 Å². The summed E-state index contributed by atoms with van der Waals surface area (Å²) in [5.41, 5.74) is 0. The number of amides is 1. The molecule has 0 radical (unpaired) electrons. The van der Waals surface area contributed by atoms with E-state index in [1.54, 1.807) is 11.4 Å². The number of hydrogen-bond donors (Lipinski definition) is 0. The van der Waals surface area contributed by atoms with Gasteiger partial charge in [0.1, 0.15) is 10.6 Å². The van der Waals surface area contributed by atoms with E-state index in [1.807, 2.05) is 5.16 Å². The highest BCUT2D eigenvalue weighted by atomic mass is 32.1. The van der Waals surface area contributed by atoms with Crippen molar-refractivity contribution < 1.29 is 9.53 Å². The number of thiophene rings is 1. The lowest BCUT2D eigenvalue weighted by Gasteiger charge is -1.95. The molecule has 0 N–H and O–H groups in total. The molecular formula is C7H5NO2S2. The highest BCUT2D eigenvalue weighted by molar-refractivity contribution is 7.78. The Labute approximate surface area is 78.7 Å². The fourth-order valence-corrected chi connectivity index (χ4v) is 1.53. The van der Waals surface area contributed by atoms with E-state index in [9.17, 15) is 4.79 Å². The van der Waals surface area contributed by atoms with E-state index in [0.29, 0.717) is 10.6 Å². The lowest BCUT2D eigenvalue weighted by atomic mass is 10.4. The van der Waals surface area contributed by atoms with Crippen LogP contribution in [-0.4, -0.2) is 18.2 Å². The van der Waals surface area contributed by atoms with Crippen LogP contribution in [0.1, 0.15) is 9.67 Å².